The topological polar surface area (TPSA) is 69.0 Å². The van der Waals surface area contributed by atoms with Crippen LogP contribution in [0.3, 0.4) is 0 Å². The fourth-order valence-electron chi connectivity index (χ4n) is 1.66. The van der Waals surface area contributed by atoms with Gasteiger partial charge in [-0.3, -0.25) is 19.0 Å². The van der Waals surface area contributed by atoms with E-state index in [0.717, 1.165) is 11.5 Å². The van der Waals surface area contributed by atoms with Crippen LogP contribution in [0.5, 0.6) is 0 Å². The zero-order valence-electron chi connectivity index (χ0n) is 11.9. The smallest absolute Gasteiger partial charge is 0.276 e. The summed E-state index contributed by atoms with van der Waals surface area (Å²) < 4.78 is 14.7. The summed E-state index contributed by atoms with van der Waals surface area (Å²) in [6.07, 6.45) is 1.31. The summed E-state index contributed by atoms with van der Waals surface area (Å²) in [7, 11) is 0. The molecule has 7 heteroatoms. The molecule has 1 aromatic carbocycles. The van der Waals surface area contributed by atoms with Crippen molar-refractivity contribution in [1.29, 1.82) is 0 Å². The average Bonchev–Trinajstić information content (AvgIpc) is 2.50. The molecule has 0 N–H and O–H groups in total. The number of nitrogens with zero attached hydrogens (tertiary/aromatic N) is 2. The van der Waals surface area contributed by atoms with Crippen molar-refractivity contribution in [3.63, 3.8) is 0 Å². The Morgan fingerprint density at radius 2 is 1.91 bits per heavy atom. The Hall–Kier alpha value is -2.28. The van der Waals surface area contributed by atoms with E-state index in [0.29, 0.717) is 17.3 Å². The first-order valence-corrected chi connectivity index (χ1v) is 7.29. The Bertz CT molecular complexity index is 774. The molecule has 0 saturated heterocycles. The third kappa shape index (κ3) is 3.48. The molecule has 5 nitrogen and oxygen atoms in total. The molecule has 114 valence electrons. The molecule has 0 aliphatic heterocycles. The number of Topliss-reactive ketones (excluding diaryl/α,β-unsaturated/α-hetero) is 1. The van der Waals surface area contributed by atoms with Crippen molar-refractivity contribution < 1.29 is 14.0 Å². The van der Waals surface area contributed by atoms with Gasteiger partial charge in [-0.1, -0.05) is 18.2 Å². The molecule has 1 atom stereocenters. The second-order valence-corrected chi connectivity index (χ2v) is 5.61. The van der Waals surface area contributed by atoms with Crippen molar-refractivity contribution in [3.8, 4) is 0 Å². The zero-order valence-corrected chi connectivity index (χ0v) is 12.8. The Labute approximate surface area is 130 Å². The van der Waals surface area contributed by atoms with Crippen molar-refractivity contribution >= 4 is 23.5 Å². The normalized spacial score (nSPS) is 12.0. The molecule has 1 heterocycles. The van der Waals surface area contributed by atoms with Crippen molar-refractivity contribution in [1.82, 2.24) is 9.55 Å². The van der Waals surface area contributed by atoms with Crippen LogP contribution in [0.15, 0.2) is 46.5 Å². The van der Waals surface area contributed by atoms with Gasteiger partial charge in [-0.2, -0.15) is 4.98 Å². The first kappa shape index (κ1) is 16.1. The third-order valence-corrected chi connectivity index (χ3v) is 3.87. The fraction of sp³-hybridized carbons (Fsp3) is 0.200. The number of hydrogen-bond donors (Lipinski definition) is 0. The SMILES string of the molecule is CC(=O)C(F)Sc1nc(=O)c(C)cn1C(=O)c1ccccc1. The maximum Gasteiger partial charge on any atom is 0.276 e. The van der Waals surface area contributed by atoms with Gasteiger partial charge in [-0.15, -0.1) is 0 Å². The van der Waals surface area contributed by atoms with Crippen LogP contribution in [0.4, 0.5) is 4.39 Å². The van der Waals surface area contributed by atoms with Crippen LogP contribution in [-0.2, 0) is 4.79 Å². The van der Waals surface area contributed by atoms with Crippen molar-refractivity contribution in [2.45, 2.75) is 24.5 Å². The highest BCUT2D eigenvalue weighted by atomic mass is 32.2. The summed E-state index contributed by atoms with van der Waals surface area (Å²) in [5, 5.41) is -0.146. The summed E-state index contributed by atoms with van der Waals surface area (Å²) in [5.74, 6) is -1.16. The van der Waals surface area contributed by atoms with Gasteiger partial charge in [0.15, 0.2) is 10.9 Å². The van der Waals surface area contributed by atoms with Gasteiger partial charge >= 0.3 is 0 Å². The standard InChI is InChI=1S/C15H13FN2O3S/c1-9-8-18(14(21)11-6-4-3-5-7-11)15(17-13(9)20)22-12(16)10(2)19/h3-8,12H,1-2H3. The van der Waals surface area contributed by atoms with Gasteiger partial charge in [0.25, 0.3) is 11.5 Å². The molecule has 0 spiro atoms. The van der Waals surface area contributed by atoms with Crippen LogP contribution in [0.2, 0.25) is 0 Å². The van der Waals surface area contributed by atoms with E-state index in [1.165, 1.54) is 13.1 Å². The van der Waals surface area contributed by atoms with Crippen LogP contribution >= 0.6 is 11.8 Å². The highest BCUT2D eigenvalue weighted by molar-refractivity contribution is 8.00. The molecular formula is C15H13FN2O3S. The molecule has 0 radical (unpaired) electrons. The summed E-state index contributed by atoms with van der Waals surface area (Å²) in [6, 6.07) is 8.34. The number of alkyl halides is 1. The predicted octanol–water partition coefficient (Wildman–Crippen LogP) is 2.22. The van der Waals surface area contributed by atoms with E-state index in [-0.39, 0.29) is 10.7 Å². The molecule has 0 amide bonds. The molecular weight excluding hydrogens is 307 g/mol. The van der Waals surface area contributed by atoms with Crippen molar-refractivity contribution in [3.05, 3.63) is 58.0 Å². The van der Waals surface area contributed by atoms with Gasteiger partial charge in [0.1, 0.15) is 0 Å². The van der Waals surface area contributed by atoms with E-state index in [1.54, 1.807) is 30.3 Å². The third-order valence-electron chi connectivity index (χ3n) is 2.83. The van der Waals surface area contributed by atoms with E-state index in [1.807, 2.05) is 0 Å². The lowest BCUT2D eigenvalue weighted by Gasteiger charge is -2.12. The number of thioether (sulfide) groups is 1. The Morgan fingerprint density at radius 1 is 1.27 bits per heavy atom. The molecule has 22 heavy (non-hydrogen) atoms. The first-order valence-electron chi connectivity index (χ1n) is 6.41. The number of carbonyl (C=O) groups is 2. The number of carbonyl (C=O) groups excluding carboxylic acids is 2. The van der Waals surface area contributed by atoms with E-state index in [2.05, 4.69) is 4.98 Å². The summed E-state index contributed by atoms with van der Waals surface area (Å²) in [6.45, 7) is 2.60. The molecule has 0 bridgehead atoms. The molecule has 2 rings (SSSR count). The van der Waals surface area contributed by atoms with E-state index < -0.39 is 22.8 Å². The van der Waals surface area contributed by atoms with Crippen molar-refractivity contribution in [2.24, 2.45) is 0 Å². The maximum atomic E-state index is 13.6. The molecule has 0 aliphatic carbocycles. The molecule has 2 aromatic rings. The Kier molecular flexibility index (Phi) is 4.87. The number of ketones is 1. The highest BCUT2D eigenvalue weighted by Crippen LogP contribution is 2.23. The molecule has 1 aromatic heterocycles. The Morgan fingerprint density at radius 3 is 2.50 bits per heavy atom. The minimum Gasteiger partial charge on any atom is -0.296 e. The van der Waals surface area contributed by atoms with Crippen LogP contribution in [0, 0.1) is 6.92 Å². The molecule has 1 unspecified atom stereocenters. The minimum absolute atomic E-state index is 0.146. The summed E-state index contributed by atoms with van der Waals surface area (Å²) in [4.78, 5) is 38.9. The van der Waals surface area contributed by atoms with Crippen LogP contribution in [0.25, 0.3) is 0 Å². The monoisotopic (exact) mass is 320 g/mol. The predicted molar refractivity (Wildman–Crippen MR) is 80.8 cm³/mol. The lowest BCUT2D eigenvalue weighted by atomic mass is 10.2. The lowest BCUT2D eigenvalue weighted by Crippen LogP contribution is -2.23. The molecule has 0 aliphatic rings. The van der Waals surface area contributed by atoms with Gasteiger partial charge < -0.3 is 0 Å². The fourth-order valence-corrected chi connectivity index (χ4v) is 2.39. The largest absolute Gasteiger partial charge is 0.296 e. The van der Waals surface area contributed by atoms with E-state index >= 15 is 0 Å². The van der Waals surface area contributed by atoms with Crippen LogP contribution in [0.1, 0.15) is 22.8 Å². The Balaban J connectivity index is 2.49. The van der Waals surface area contributed by atoms with Gasteiger partial charge in [0, 0.05) is 17.3 Å². The van der Waals surface area contributed by atoms with Gasteiger partial charge in [0.05, 0.1) is 0 Å². The number of aromatic nitrogens is 2. The van der Waals surface area contributed by atoms with Crippen LogP contribution in [-0.4, -0.2) is 26.7 Å². The number of benzene rings is 1. The lowest BCUT2D eigenvalue weighted by molar-refractivity contribution is -0.118. The quantitative estimate of drug-likeness (QED) is 0.638. The van der Waals surface area contributed by atoms with Gasteiger partial charge in [0.2, 0.25) is 5.50 Å². The van der Waals surface area contributed by atoms with Gasteiger partial charge in [-0.05, 0) is 37.7 Å². The number of halogens is 1. The van der Waals surface area contributed by atoms with E-state index in [9.17, 15) is 18.8 Å². The highest BCUT2D eigenvalue weighted by Gasteiger charge is 2.21. The first-order chi connectivity index (χ1) is 10.4. The number of rotatable bonds is 4. The number of hydrogen-bond acceptors (Lipinski definition) is 5. The minimum atomic E-state index is -1.88. The summed E-state index contributed by atoms with van der Waals surface area (Å²) in [5.41, 5.74) is -1.82. The second kappa shape index (κ2) is 6.65. The molecule has 0 fully saturated rings. The van der Waals surface area contributed by atoms with Gasteiger partial charge in [-0.25, -0.2) is 4.39 Å². The number of aryl methyl sites for hydroxylation is 1. The maximum absolute atomic E-state index is 13.6. The molecule has 0 saturated carbocycles. The van der Waals surface area contributed by atoms with Crippen LogP contribution < -0.4 is 5.56 Å². The zero-order chi connectivity index (χ0) is 16.3. The second-order valence-electron chi connectivity index (χ2n) is 4.60. The summed E-state index contributed by atoms with van der Waals surface area (Å²) >= 11 is 0.439. The van der Waals surface area contributed by atoms with E-state index in [4.69, 9.17) is 0 Å². The van der Waals surface area contributed by atoms with Crippen molar-refractivity contribution in [2.75, 3.05) is 0 Å². The average molecular weight is 320 g/mol.